The van der Waals surface area contributed by atoms with Crippen LogP contribution in [-0.2, 0) is 23.5 Å². The molecule has 0 saturated carbocycles. The third kappa shape index (κ3) is 4.83. The molecule has 1 aromatic carbocycles. The van der Waals surface area contributed by atoms with Gasteiger partial charge >= 0.3 is 0 Å². The summed E-state index contributed by atoms with van der Waals surface area (Å²) in [6.45, 7) is 1.88. The quantitative estimate of drug-likeness (QED) is 0.559. The van der Waals surface area contributed by atoms with Crippen LogP contribution in [0.25, 0.3) is 0 Å². The Balaban J connectivity index is 1.87. The Morgan fingerprint density at radius 2 is 1.90 bits per heavy atom. The van der Waals surface area contributed by atoms with E-state index in [1.165, 1.54) is 12.3 Å². The van der Waals surface area contributed by atoms with Crippen molar-refractivity contribution in [2.24, 2.45) is 7.05 Å². The number of nitrogens with zero attached hydrogens (tertiary/aromatic N) is 2. The van der Waals surface area contributed by atoms with Gasteiger partial charge in [-0.1, -0.05) is 11.6 Å². The number of carbonyl (C=O) groups is 1. The van der Waals surface area contributed by atoms with E-state index in [9.17, 15) is 13.2 Å². The molecule has 0 amide bonds. The highest BCUT2D eigenvalue weighted by atomic mass is 35.5. The van der Waals surface area contributed by atoms with Crippen molar-refractivity contribution in [3.05, 3.63) is 75.8 Å². The number of pyridine rings is 1. The predicted molar refractivity (Wildman–Crippen MR) is 117 cm³/mol. The summed E-state index contributed by atoms with van der Waals surface area (Å²) in [5, 5.41) is 0.338. The van der Waals surface area contributed by atoms with Crippen LogP contribution in [0.3, 0.4) is 0 Å². The summed E-state index contributed by atoms with van der Waals surface area (Å²) in [7, 11) is -0.0104. The summed E-state index contributed by atoms with van der Waals surface area (Å²) in [4.78, 5) is 17.3. The normalized spacial score (nSPS) is 11.4. The number of ketones is 1. The SMILES string of the molecule is COc1ccc(C(=O)c2c(C)cc(Cc3ncc(NS(C)(=O)=O)cc3Cl)n2C)cc1. The smallest absolute Gasteiger partial charge is 0.229 e. The van der Waals surface area contributed by atoms with Crippen molar-refractivity contribution >= 4 is 33.1 Å². The number of anilines is 1. The molecular weight excluding hydrogens is 426 g/mol. The Morgan fingerprint density at radius 1 is 1.23 bits per heavy atom. The molecule has 0 unspecified atom stereocenters. The van der Waals surface area contributed by atoms with Crippen molar-refractivity contribution in [1.29, 1.82) is 0 Å². The van der Waals surface area contributed by atoms with Crippen LogP contribution in [0, 0.1) is 6.92 Å². The molecule has 2 aromatic heterocycles. The van der Waals surface area contributed by atoms with E-state index in [-0.39, 0.29) is 5.78 Å². The first-order valence-electron chi connectivity index (χ1n) is 9.05. The van der Waals surface area contributed by atoms with Gasteiger partial charge in [-0.05, 0) is 48.9 Å². The van der Waals surface area contributed by atoms with Gasteiger partial charge in [-0.15, -0.1) is 0 Å². The van der Waals surface area contributed by atoms with Crippen molar-refractivity contribution in [2.75, 3.05) is 18.1 Å². The zero-order chi connectivity index (χ0) is 22.1. The van der Waals surface area contributed by atoms with Crippen molar-refractivity contribution in [3.63, 3.8) is 0 Å². The van der Waals surface area contributed by atoms with E-state index in [1.807, 2.05) is 24.6 Å². The second-order valence-electron chi connectivity index (χ2n) is 6.99. The summed E-state index contributed by atoms with van der Waals surface area (Å²) in [5.41, 5.74) is 3.74. The topological polar surface area (TPSA) is 90.3 Å². The Bertz CT molecular complexity index is 1200. The number of nitrogens with one attached hydrogen (secondary N) is 1. The minimum Gasteiger partial charge on any atom is -0.497 e. The third-order valence-electron chi connectivity index (χ3n) is 4.66. The summed E-state index contributed by atoms with van der Waals surface area (Å²) in [5.74, 6) is 0.598. The molecule has 158 valence electrons. The minimum atomic E-state index is -3.41. The number of sulfonamides is 1. The molecule has 2 heterocycles. The molecule has 0 aliphatic carbocycles. The number of benzene rings is 1. The maximum atomic E-state index is 13.0. The Morgan fingerprint density at radius 3 is 2.47 bits per heavy atom. The molecule has 0 spiro atoms. The van der Waals surface area contributed by atoms with Crippen LogP contribution in [0.5, 0.6) is 5.75 Å². The zero-order valence-corrected chi connectivity index (χ0v) is 18.6. The highest BCUT2D eigenvalue weighted by Crippen LogP contribution is 2.25. The van der Waals surface area contributed by atoms with Crippen molar-refractivity contribution in [2.45, 2.75) is 13.3 Å². The van der Waals surface area contributed by atoms with E-state index in [0.29, 0.717) is 39.8 Å². The number of aryl methyl sites for hydroxylation is 1. The number of aromatic nitrogens is 2. The number of hydrogen-bond acceptors (Lipinski definition) is 5. The fraction of sp³-hybridized carbons (Fsp3) is 0.238. The maximum Gasteiger partial charge on any atom is 0.229 e. The summed E-state index contributed by atoms with van der Waals surface area (Å²) in [6.07, 6.45) is 2.87. The monoisotopic (exact) mass is 447 g/mol. The molecule has 3 aromatic rings. The molecule has 0 bridgehead atoms. The average Bonchev–Trinajstić information content (AvgIpc) is 2.95. The first-order valence-corrected chi connectivity index (χ1v) is 11.3. The van der Waals surface area contributed by atoms with Crippen molar-refractivity contribution < 1.29 is 17.9 Å². The number of carbonyl (C=O) groups excluding carboxylic acids is 1. The molecule has 0 radical (unpaired) electrons. The molecule has 7 nitrogen and oxygen atoms in total. The molecule has 30 heavy (non-hydrogen) atoms. The fourth-order valence-corrected chi connectivity index (χ4v) is 4.01. The second kappa shape index (κ2) is 8.49. The Kier molecular flexibility index (Phi) is 6.19. The fourth-order valence-electron chi connectivity index (χ4n) is 3.24. The van der Waals surface area contributed by atoms with E-state index < -0.39 is 10.0 Å². The lowest BCUT2D eigenvalue weighted by molar-refractivity contribution is 0.103. The standard InChI is InChI=1S/C21H22ClN3O4S/c1-13-9-16(11-19-18(22)10-15(12-23-19)24-30(4,27)28)25(2)20(13)21(26)14-5-7-17(29-3)8-6-14/h5-10,12,24H,11H2,1-4H3. The lowest BCUT2D eigenvalue weighted by Gasteiger charge is -2.10. The summed E-state index contributed by atoms with van der Waals surface area (Å²) in [6, 6.07) is 10.4. The Hall–Kier alpha value is -2.84. The highest BCUT2D eigenvalue weighted by molar-refractivity contribution is 7.92. The number of methoxy groups -OCH3 is 1. The van der Waals surface area contributed by atoms with Gasteiger partial charge in [0.1, 0.15) is 5.75 Å². The zero-order valence-electron chi connectivity index (χ0n) is 17.1. The molecular formula is C21H22ClN3O4S. The van der Waals surface area contributed by atoms with Crippen LogP contribution >= 0.6 is 11.6 Å². The minimum absolute atomic E-state index is 0.0874. The van der Waals surface area contributed by atoms with Gasteiger partial charge in [0.2, 0.25) is 15.8 Å². The predicted octanol–water partition coefficient (Wildman–Crippen LogP) is 3.58. The molecule has 0 atom stereocenters. The van der Waals surface area contributed by atoms with E-state index in [2.05, 4.69) is 9.71 Å². The first kappa shape index (κ1) is 21.9. The van der Waals surface area contributed by atoms with Crippen LogP contribution in [0.4, 0.5) is 5.69 Å². The lowest BCUT2D eigenvalue weighted by Crippen LogP contribution is -2.11. The molecule has 3 rings (SSSR count). The number of halogens is 1. The van der Waals surface area contributed by atoms with Crippen molar-refractivity contribution in [3.8, 4) is 5.75 Å². The summed E-state index contributed by atoms with van der Waals surface area (Å²) >= 11 is 6.31. The molecule has 1 N–H and O–H groups in total. The van der Waals surface area contributed by atoms with E-state index >= 15 is 0 Å². The number of ether oxygens (including phenoxy) is 1. The lowest BCUT2D eigenvalue weighted by atomic mass is 10.1. The van der Waals surface area contributed by atoms with Gasteiger partial charge < -0.3 is 9.30 Å². The number of rotatable bonds is 7. The molecule has 0 aliphatic heterocycles. The maximum absolute atomic E-state index is 13.0. The largest absolute Gasteiger partial charge is 0.497 e. The average molecular weight is 448 g/mol. The molecule has 9 heteroatoms. The van der Waals surface area contributed by atoms with Crippen LogP contribution in [0.2, 0.25) is 5.02 Å². The van der Waals surface area contributed by atoms with Gasteiger partial charge in [0, 0.05) is 24.7 Å². The van der Waals surface area contributed by atoms with Crippen LogP contribution in [0.1, 0.15) is 33.0 Å². The molecule has 0 saturated heterocycles. The molecule has 0 fully saturated rings. The number of hydrogen-bond donors (Lipinski definition) is 1. The van der Waals surface area contributed by atoms with Gasteiger partial charge in [-0.2, -0.15) is 0 Å². The first-order chi connectivity index (χ1) is 14.1. The van der Waals surface area contributed by atoms with E-state index in [1.54, 1.807) is 31.4 Å². The van der Waals surface area contributed by atoms with Gasteiger partial charge in [-0.25, -0.2) is 8.42 Å². The van der Waals surface area contributed by atoms with Gasteiger partial charge in [0.05, 0.1) is 41.7 Å². The van der Waals surface area contributed by atoms with Gasteiger partial charge in [-0.3, -0.25) is 14.5 Å². The molecule has 0 aliphatic rings. The van der Waals surface area contributed by atoms with Crippen molar-refractivity contribution in [1.82, 2.24) is 9.55 Å². The Labute approximate surface area is 180 Å². The third-order valence-corrected chi connectivity index (χ3v) is 5.59. The van der Waals surface area contributed by atoms with E-state index in [0.717, 1.165) is 17.5 Å². The van der Waals surface area contributed by atoms with Gasteiger partial charge in [0.25, 0.3) is 0 Å². The van der Waals surface area contributed by atoms with Crippen LogP contribution in [0.15, 0.2) is 42.6 Å². The van der Waals surface area contributed by atoms with Crippen LogP contribution < -0.4 is 9.46 Å². The summed E-state index contributed by atoms with van der Waals surface area (Å²) < 4.78 is 32.1. The van der Waals surface area contributed by atoms with E-state index in [4.69, 9.17) is 16.3 Å². The van der Waals surface area contributed by atoms with Gasteiger partial charge in [0.15, 0.2) is 0 Å². The second-order valence-corrected chi connectivity index (χ2v) is 9.14. The highest BCUT2D eigenvalue weighted by Gasteiger charge is 2.19. The van der Waals surface area contributed by atoms with Crippen LogP contribution in [-0.4, -0.2) is 37.1 Å².